The van der Waals surface area contributed by atoms with E-state index in [0.29, 0.717) is 18.9 Å². The predicted octanol–water partition coefficient (Wildman–Crippen LogP) is 0.0803. The summed E-state index contributed by atoms with van der Waals surface area (Å²) in [6, 6.07) is -1.19. The minimum atomic E-state index is -3.71. The highest BCUT2D eigenvalue weighted by Gasteiger charge is 2.41. The van der Waals surface area contributed by atoms with Crippen LogP contribution in [0.2, 0.25) is 0 Å². The van der Waals surface area contributed by atoms with Crippen LogP contribution in [-0.4, -0.2) is 48.0 Å². The van der Waals surface area contributed by atoms with E-state index in [0.717, 1.165) is 15.6 Å². The first-order chi connectivity index (χ1) is 10.6. The molecule has 0 radical (unpaired) electrons. The minimum Gasteiger partial charge on any atom is -0.354 e. The second-order valence-corrected chi connectivity index (χ2v) is 8.19. The van der Waals surface area contributed by atoms with Crippen molar-refractivity contribution >= 4 is 16.1 Å². The number of carbonyl (C=O) groups excluding carboxylic acids is 1. The normalized spacial score (nSPS) is 24.8. The standard InChI is InChI=1S/C14H25N5O3S/c1-9(2)7-15-14(20)13-6-12(17-23(21,22)19(13)5)11-8-18(4)16-10(11)3/h8-9,12-13,17H,6-7H2,1-5H3,(H,15,20). The van der Waals surface area contributed by atoms with Gasteiger partial charge in [-0.3, -0.25) is 9.48 Å². The van der Waals surface area contributed by atoms with Gasteiger partial charge >= 0.3 is 0 Å². The molecule has 1 saturated heterocycles. The molecule has 0 aromatic carbocycles. The Morgan fingerprint density at radius 3 is 2.65 bits per heavy atom. The monoisotopic (exact) mass is 343 g/mol. The highest BCUT2D eigenvalue weighted by Crippen LogP contribution is 2.29. The van der Waals surface area contributed by atoms with Crippen LogP contribution >= 0.6 is 0 Å². The van der Waals surface area contributed by atoms with Crippen LogP contribution in [0.5, 0.6) is 0 Å². The topological polar surface area (TPSA) is 96.3 Å². The smallest absolute Gasteiger partial charge is 0.280 e. The van der Waals surface area contributed by atoms with Gasteiger partial charge in [-0.1, -0.05) is 13.8 Å². The van der Waals surface area contributed by atoms with Crippen molar-refractivity contribution in [3.05, 3.63) is 17.5 Å². The summed E-state index contributed by atoms with van der Waals surface area (Å²) in [5.41, 5.74) is 1.55. The minimum absolute atomic E-state index is 0.266. The number of hydrogen-bond acceptors (Lipinski definition) is 4. The second kappa shape index (κ2) is 6.58. The molecule has 2 unspecified atom stereocenters. The molecule has 23 heavy (non-hydrogen) atoms. The van der Waals surface area contributed by atoms with Gasteiger partial charge in [-0.2, -0.15) is 22.5 Å². The summed E-state index contributed by atoms with van der Waals surface area (Å²) in [5, 5.41) is 7.07. The average Bonchev–Trinajstić information content (AvgIpc) is 2.77. The van der Waals surface area contributed by atoms with Crippen molar-refractivity contribution in [1.82, 2.24) is 24.1 Å². The lowest BCUT2D eigenvalue weighted by atomic mass is 10.00. The molecule has 2 rings (SSSR count). The molecule has 1 fully saturated rings. The fourth-order valence-corrected chi connectivity index (χ4v) is 3.96. The summed E-state index contributed by atoms with van der Waals surface area (Å²) in [5.74, 6) is 0.0387. The van der Waals surface area contributed by atoms with Crippen molar-refractivity contribution < 1.29 is 13.2 Å². The molecule has 1 aromatic heterocycles. The average molecular weight is 343 g/mol. The van der Waals surface area contributed by atoms with Crippen molar-refractivity contribution in [3.8, 4) is 0 Å². The number of nitrogens with zero attached hydrogens (tertiary/aromatic N) is 3. The lowest BCUT2D eigenvalue weighted by Crippen LogP contribution is -2.57. The molecule has 1 amide bonds. The van der Waals surface area contributed by atoms with E-state index in [4.69, 9.17) is 0 Å². The third-order valence-corrected chi connectivity index (χ3v) is 5.58. The Labute approximate surface area is 137 Å². The molecule has 1 aromatic rings. The molecular formula is C14H25N5O3S. The number of carbonyl (C=O) groups is 1. The Morgan fingerprint density at radius 2 is 2.13 bits per heavy atom. The Hall–Kier alpha value is -1.45. The molecule has 1 aliphatic heterocycles. The van der Waals surface area contributed by atoms with Crippen LogP contribution in [-0.2, 0) is 22.1 Å². The summed E-state index contributed by atoms with van der Waals surface area (Å²) in [7, 11) is -0.504. The van der Waals surface area contributed by atoms with Crippen molar-refractivity contribution in [2.24, 2.45) is 13.0 Å². The van der Waals surface area contributed by atoms with Crippen molar-refractivity contribution in [1.29, 1.82) is 0 Å². The van der Waals surface area contributed by atoms with Crippen LogP contribution in [0.15, 0.2) is 6.20 Å². The maximum absolute atomic E-state index is 12.4. The van der Waals surface area contributed by atoms with Crippen LogP contribution in [0.4, 0.5) is 0 Å². The Kier molecular flexibility index (Phi) is 5.12. The van der Waals surface area contributed by atoms with Crippen molar-refractivity contribution in [2.75, 3.05) is 13.6 Å². The quantitative estimate of drug-likeness (QED) is 0.809. The zero-order valence-corrected chi connectivity index (χ0v) is 15.0. The third-order valence-electron chi connectivity index (χ3n) is 3.98. The van der Waals surface area contributed by atoms with Gasteiger partial charge in [-0.05, 0) is 19.3 Å². The van der Waals surface area contributed by atoms with Crippen LogP contribution < -0.4 is 10.0 Å². The first-order valence-electron chi connectivity index (χ1n) is 7.65. The SMILES string of the molecule is Cc1nn(C)cc1C1CC(C(=O)NCC(C)C)N(C)S(=O)(=O)N1. The number of amides is 1. The van der Waals surface area contributed by atoms with Crippen LogP contribution in [0.3, 0.4) is 0 Å². The third kappa shape index (κ3) is 3.91. The molecule has 0 spiro atoms. The summed E-state index contributed by atoms with van der Waals surface area (Å²) < 4.78 is 30.1. The number of rotatable bonds is 4. The first-order valence-corrected chi connectivity index (χ1v) is 9.09. The highest BCUT2D eigenvalue weighted by molar-refractivity contribution is 7.87. The maximum atomic E-state index is 12.4. The first kappa shape index (κ1) is 17.9. The van der Waals surface area contributed by atoms with Gasteiger partial charge in [0, 0.05) is 32.4 Å². The van der Waals surface area contributed by atoms with Gasteiger partial charge < -0.3 is 5.32 Å². The lowest BCUT2D eigenvalue weighted by molar-refractivity contribution is -0.125. The summed E-state index contributed by atoms with van der Waals surface area (Å²) in [4.78, 5) is 12.4. The summed E-state index contributed by atoms with van der Waals surface area (Å²) >= 11 is 0. The van der Waals surface area contributed by atoms with Gasteiger partial charge in [-0.15, -0.1) is 0 Å². The van der Waals surface area contributed by atoms with E-state index >= 15 is 0 Å². The zero-order valence-electron chi connectivity index (χ0n) is 14.2. The molecule has 130 valence electrons. The molecule has 2 atom stereocenters. The highest BCUT2D eigenvalue weighted by atomic mass is 32.2. The van der Waals surface area contributed by atoms with Crippen LogP contribution in [0, 0.1) is 12.8 Å². The van der Waals surface area contributed by atoms with E-state index in [1.165, 1.54) is 7.05 Å². The number of hydrogen-bond donors (Lipinski definition) is 2. The van der Waals surface area contributed by atoms with E-state index in [2.05, 4.69) is 15.1 Å². The van der Waals surface area contributed by atoms with Gasteiger partial charge in [-0.25, -0.2) is 0 Å². The largest absolute Gasteiger partial charge is 0.354 e. The Morgan fingerprint density at radius 1 is 1.48 bits per heavy atom. The molecular weight excluding hydrogens is 318 g/mol. The lowest BCUT2D eigenvalue weighted by Gasteiger charge is -2.36. The molecule has 1 aliphatic rings. The van der Waals surface area contributed by atoms with Crippen molar-refractivity contribution in [3.63, 3.8) is 0 Å². The van der Waals surface area contributed by atoms with E-state index < -0.39 is 22.3 Å². The van der Waals surface area contributed by atoms with Gasteiger partial charge in [0.1, 0.15) is 6.04 Å². The van der Waals surface area contributed by atoms with E-state index in [-0.39, 0.29) is 5.91 Å². The fraction of sp³-hybridized carbons (Fsp3) is 0.714. The van der Waals surface area contributed by atoms with E-state index in [1.807, 2.05) is 20.8 Å². The Balaban J connectivity index is 2.25. The number of aromatic nitrogens is 2. The molecule has 9 heteroatoms. The number of nitrogens with one attached hydrogen (secondary N) is 2. The molecule has 2 heterocycles. The van der Waals surface area contributed by atoms with Gasteiger partial charge in [0.05, 0.1) is 11.7 Å². The van der Waals surface area contributed by atoms with E-state index in [1.54, 1.807) is 17.9 Å². The number of likely N-dealkylation sites (N-methyl/N-ethyl adjacent to an activating group) is 1. The van der Waals surface area contributed by atoms with E-state index in [9.17, 15) is 13.2 Å². The van der Waals surface area contributed by atoms with Crippen molar-refractivity contribution in [2.45, 2.75) is 39.3 Å². The molecule has 0 saturated carbocycles. The summed E-state index contributed by atoms with van der Waals surface area (Å²) in [6.45, 7) is 6.33. The zero-order chi connectivity index (χ0) is 17.4. The molecule has 0 aliphatic carbocycles. The van der Waals surface area contributed by atoms with Gasteiger partial charge in [0.15, 0.2) is 0 Å². The van der Waals surface area contributed by atoms with Crippen LogP contribution in [0.1, 0.15) is 37.6 Å². The predicted molar refractivity (Wildman–Crippen MR) is 86.8 cm³/mol. The molecule has 8 nitrogen and oxygen atoms in total. The summed E-state index contributed by atoms with van der Waals surface area (Å²) in [6.07, 6.45) is 2.16. The second-order valence-electron chi connectivity index (χ2n) is 6.43. The van der Waals surface area contributed by atoms with Gasteiger partial charge in [0.2, 0.25) is 5.91 Å². The molecule has 2 N–H and O–H groups in total. The fourth-order valence-electron chi connectivity index (χ4n) is 2.70. The molecule has 0 bridgehead atoms. The van der Waals surface area contributed by atoms with Gasteiger partial charge in [0.25, 0.3) is 10.2 Å². The number of aryl methyl sites for hydroxylation is 2. The Bertz CT molecular complexity index is 683. The maximum Gasteiger partial charge on any atom is 0.280 e. The van der Waals surface area contributed by atoms with Crippen LogP contribution in [0.25, 0.3) is 0 Å².